The van der Waals surface area contributed by atoms with Crippen LogP contribution in [0.4, 0.5) is 15.8 Å². The van der Waals surface area contributed by atoms with Gasteiger partial charge < -0.3 is 19.5 Å². The van der Waals surface area contributed by atoms with Crippen LogP contribution >= 0.6 is 0 Å². The normalized spacial score (nSPS) is 16.8. The largest absolute Gasteiger partial charge is 0.452 e. The lowest BCUT2D eigenvalue weighted by molar-refractivity contribution is -0.384. The summed E-state index contributed by atoms with van der Waals surface area (Å²) in [5.41, 5.74) is -2.45. The van der Waals surface area contributed by atoms with Gasteiger partial charge in [0.25, 0.3) is 21.6 Å². The number of ether oxygens (including phenoxy) is 3. The van der Waals surface area contributed by atoms with Gasteiger partial charge in [0.05, 0.1) is 4.92 Å². The number of benzene rings is 2. The van der Waals surface area contributed by atoms with E-state index in [0.717, 1.165) is 6.07 Å². The number of sulfonamides is 1. The summed E-state index contributed by atoms with van der Waals surface area (Å²) in [6.45, 7) is -0.245. The Morgan fingerprint density at radius 2 is 1.82 bits per heavy atom. The zero-order chi connectivity index (χ0) is 23.6. The predicted molar refractivity (Wildman–Crippen MR) is 113 cm³/mol. The van der Waals surface area contributed by atoms with E-state index in [2.05, 4.69) is 5.32 Å². The van der Waals surface area contributed by atoms with Gasteiger partial charge in [0, 0.05) is 44.2 Å². The molecule has 1 fully saturated rings. The van der Waals surface area contributed by atoms with E-state index in [-0.39, 0.29) is 55.4 Å². The predicted octanol–water partition coefficient (Wildman–Crippen LogP) is 2.37. The number of nitrogens with one attached hydrogen (secondary N) is 2. The highest BCUT2D eigenvalue weighted by atomic mass is 32.2. The van der Waals surface area contributed by atoms with Crippen LogP contribution in [-0.4, -0.2) is 51.5 Å². The third-order valence-corrected chi connectivity index (χ3v) is 6.64. The number of nitro benzene ring substituents is 1. The van der Waals surface area contributed by atoms with E-state index in [4.69, 9.17) is 14.2 Å². The van der Waals surface area contributed by atoms with E-state index in [0.29, 0.717) is 0 Å². The maximum Gasteiger partial charge on any atom is 0.297 e. The molecule has 2 heterocycles. The van der Waals surface area contributed by atoms with Crippen molar-refractivity contribution in [2.24, 2.45) is 0 Å². The molecular formula is C20H20FN3O8S. The molecule has 4 rings (SSSR count). The van der Waals surface area contributed by atoms with Gasteiger partial charge in [-0.3, -0.25) is 14.9 Å². The molecular weight excluding hydrogens is 461 g/mol. The molecule has 176 valence electrons. The second-order valence-corrected chi connectivity index (χ2v) is 9.16. The lowest BCUT2D eigenvalue weighted by atomic mass is 9.96. The first-order chi connectivity index (χ1) is 15.7. The second kappa shape index (κ2) is 8.83. The molecule has 2 aromatic rings. The molecule has 1 amide bonds. The van der Waals surface area contributed by atoms with E-state index < -0.39 is 43.9 Å². The lowest BCUT2D eigenvalue weighted by Crippen LogP contribution is -2.38. The zero-order valence-electron chi connectivity index (χ0n) is 17.2. The van der Waals surface area contributed by atoms with Crippen molar-refractivity contribution < 1.29 is 36.7 Å². The number of carbonyl (C=O) groups excluding carboxylic acids is 1. The summed E-state index contributed by atoms with van der Waals surface area (Å²) in [4.78, 5) is 22.7. The molecule has 2 N–H and O–H groups in total. The lowest BCUT2D eigenvalue weighted by Gasteiger charge is -2.30. The first-order valence-corrected chi connectivity index (χ1v) is 11.4. The summed E-state index contributed by atoms with van der Waals surface area (Å²) in [6, 6.07) is 8.34. The highest BCUT2D eigenvalue weighted by Crippen LogP contribution is 2.49. The molecule has 0 aromatic heterocycles. The van der Waals surface area contributed by atoms with Gasteiger partial charge in [-0.2, -0.15) is 0 Å². The molecule has 0 spiro atoms. The number of fused-ring (bicyclic) bond motifs is 1. The number of alkyl halides is 1. The number of amides is 1. The number of hydrogen-bond acceptors (Lipinski definition) is 9. The van der Waals surface area contributed by atoms with Crippen molar-refractivity contribution in [1.82, 2.24) is 4.72 Å². The Kier molecular flexibility index (Phi) is 6.08. The highest BCUT2D eigenvalue weighted by Gasteiger charge is 2.38. The van der Waals surface area contributed by atoms with Crippen LogP contribution in [-0.2, 0) is 14.8 Å². The second-order valence-electron chi connectivity index (χ2n) is 7.51. The molecule has 2 aromatic carbocycles. The quantitative estimate of drug-likeness (QED) is 0.449. The van der Waals surface area contributed by atoms with Crippen LogP contribution in [0.3, 0.4) is 0 Å². The summed E-state index contributed by atoms with van der Waals surface area (Å²) >= 11 is 0. The fourth-order valence-corrected chi connectivity index (χ4v) is 4.66. The van der Waals surface area contributed by atoms with E-state index in [1.54, 1.807) is 18.2 Å². The Balaban J connectivity index is 1.69. The third kappa shape index (κ3) is 4.68. The van der Waals surface area contributed by atoms with Gasteiger partial charge in [0.2, 0.25) is 6.79 Å². The van der Waals surface area contributed by atoms with Gasteiger partial charge >= 0.3 is 0 Å². The van der Waals surface area contributed by atoms with Crippen LogP contribution in [0.15, 0.2) is 41.3 Å². The topological polar surface area (TPSA) is 146 Å². The number of rotatable bonds is 7. The van der Waals surface area contributed by atoms with Gasteiger partial charge in [-0.05, 0) is 12.1 Å². The van der Waals surface area contributed by atoms with Crippen LogP contribution < -0.4 is 19.5 Å². The number of carbonyl (C=O) groups is 1. The van der Waals surface area contributed by atoms with E-state index in [1.165, 1.54) is 12.1 Å². The van der Waals surface area contributed by atoms with Crippen molar-refractivity contribution >= 4 is 27.3 Å². The molecule has 1 saturated heterocycles. The van der Waals surface area contributed by atoms with Crippen molar-refractivity contribution in [3.63, 3.8) is 0 Å². The van der Waals surface area contributed by atoms with Crippen molar-refractivity contribution in [3.8, 4) is 11.5 Å². The van der Waals surface area contributed by atoms with Crippen molar-refractivity contribution in [2.75, 3.05) is 31.9 Å². The maximum absolute atomic E-state index is 15.0. The maximum atomic E-state index is 15.0. The van der Waals surface area contributed by atoms with E-state index in [1.807, 2.05) is 4.72 Å². The molecule has 0 saturated carbocycles. The van der Waals surface area contributed by atoms with Gasteiger partial charge in [-0.25, -0.2) is 17.5 Å². The average Bonchev–Trinajstić information content (AvgIpc) is 3.27. The molecule has 0 radical (unpaired) electrons. The first-order valence-electron chi connectivity index (χ1n) is 9.94. The number of hydrogen-bond donors (Lipinski definition) is 2. The number of nitrogens with zero attached hydrogens (tertiary/aromatic N) is 1. The molecule has 0 atom stereocenters. The van der Waals surface area contributed by atoms with Gasteiger partial charge in [-0.15, -0.1) is 0 Å². The molecule has 13 heteroatoms. The van der Waals surface area contributed by atoms with E-state index in [9.17, 15) is 27.7 Å². The summed E-state index contributed by atoms with van der Waals surface area (Å²) in [7, 11) is -4.58. The minimum absolute atomic E-state index is 0.0763. The fourth-order valence-electron chi connectivity index (χ4n) is 3.53. The van der Waals surface area contributed by atoms with Gasteiger partial charge in [0.1, 0.15) is 10.6 Å². The van der Waals surface area contributed by atoms with Gasteiger partial charge in [-0.1, -0.05) is 18.2 Å². The molecule has 0 unspecified atom stereocenters. The minimum Gasteiger partial charge on any atom is -0.452 e. The summed E-state index contributed by atoms with van der Waals surface area (Å²) in [5.74, 6) is -1.48. The smallest absolute Gasteiger partial charge is 0.297 e. The molecule has 2 aliphatic heterocycles. The van der Waals surface area contributed by atoms with Crippen LogP contribution in [0.5, 0.6) is 11.5 Å². The first kappa shape index (κ1) is 22.7. The average molecular weight is 481 g/mol. The Labute approximate surface area is 188 Å². The number of nitro groups is 1. The summed E-state index contributed by atoms with van der Waals surface area (Å²) < 4.78 is 58.4. The molecule has 11 nitrogen and oxygen atoms in total. The number of halogens is 1. The Morgan fingerprint density at radius 3 is 2.48 bits per heavy atom. The van der Waals surface area contributed by atoms with Crippen LogP contribution in [0.25, 0.3) is 0 Å². The van der Waals surface area contributed by atoms with E-state index >= 15 is 0 Å². The molecule has 0 aliphatic carbocycles. The van der Waals surface area contributed by atoms with Crippen LogP contribution in [0.1, 0.15) is 23.2 Å². The van der Waals surface area contributed by atoms with Crippen LogP contribution in [0.2, 0.25) is 0 Å². The minimum atomic E-state index is -4.58. The van der Waals surface area contributed by atoms with Crippen LogP contribution in [0, 0.1) is 10.1 Å². The highest BCUT2D eigenvalue weighted by molar-refractivity contribution is 7.90. The monoisotopic (exact) mass is 481 g/mol. The summed E-state index contributed by atoms with van der Waals surface area (Å²) in [5, 5.41) is 14.4. The zero-order valence-corrected chi connectivity index (χ0v) is 18.0. The van der Waals surface area contributed by atoms with Crippen molar-refractivity contribution in [1.29, 1.82) is 0 Å². The van der Waals surface area contributed by atoms with Gasteiger partial charge in [0.15, 0.2) is 17.2 Å². The number of anilines is 1. The third-order valence-electron chi connectivity index (χ3n) is 5.31. The summed E-state index contributed by atoms with van der Waals surface area (Å²) in [6.07, 6.45) is 0.205. The Hall–Kier alpha value is -3.45. The fraction of sp³-hybridized carbons (Fsp3) is 0.350. The molecule has 2 aliphatic rings. The Bertz CT molecular complexity index is 1180. The van der Waals surface area contributed by atoms with Crippen molar-refractivity contribution in [2.45, 2.75) is 23.4 Å². The standard InChI is InChI=1S/C20H20FN3O8S/c21-20(6-8-30-9-7-20)11-22-16-14(24(26)27)10-15(17-18(16)32-12-31-17)33(28,29)23-19(25)13-4-2-1-3-5-13/h1-5,10,22H,6-9,11-12H2,(H,23,25). The SMILES string of the molecule is O=C(NS(=O)(=O)c1cc([N+](=O)[O-])c(NCC2(F)CCOCC2)c2c1OCO2)c1ccccc1. The van der Waals surface area contributed by atoms with Crippen molar-refractivity contribution in [3.05, 3.63) is 52.1 Å². The molecule has 33 heavy (non-hydrogen) atoms. The Morgan fingerprint density at radius 1 is 1.15 bits per heavy atom. The molecule has 0 bridgehead atoms.